The van der Waals surface area contributed by atoms with Crippen LogP contribution in [0.25, 0.3) is 5.76 Å². The summed E-state index contributed by atoms with van der Waals surface area (Å²) in [6.07, 6.45) is 1.86. The number of ketones is 1. The lowest BCUT2D eigenvalue weighted by molar-refractivity contribution is -0.132. The van der Waals surface area contributed by atoms with Gasteiger partial charge in [0.2, 0.25) is 5.13 Å². The molecule has 1 atom stereocenters. The molecule has 238 valence electrons. The molecule has 3 heterocycles. The average Bonchev–Trinajstić information content (AvgIpc) is 3.66. The standard InChI is InChI=1S/C34H33N3O7S2/c1-3-5-15-42-24-13-11-22(18-26(24)41-4-2)29-28(30(38)23-12-14-25-27(19-23)44-17-16-43-25)31(39)32(40)37(29)33-35-36-34(46-33)45-20-21-9-7-6-8-10-21/h6-14,18-19,29,38H,3-5,15-17,20H2,1-2H3/b30-28+/t29-/m1/s1. The first-order valence-electron chi connectivity index (χ1n) is 15.1. The van der Waals surface area contributed by atoms with E-state index in [1.54, 1.807) is 36.4 Å². The summed E-state index contributed by atoms with van der Waals surface area (Å²) in [6, 6.07) is 19.1. The molecule has 2 aliphatic rings. The van der Waals surface area contributed by atoms with E-state index in [9.17, 15) is 14.7 Å². The zero-order chi connectivity index (χ0) is 32.0. The van der Waals surface area contributed by atoms with Gasteiger partial charge in [0, 0.05) is 11.3 Å². The minimum absolute atomic E-state index is 0.0857. The summed E-state index contributed by atoms with van der Waals surface area (Å²) < 4.78 is 23.9. The van der Waals surface area contributed by atoms with Crippen molar-refractivity contribution in [3.8, 4) is 23.0 Å². The second-order valence-electron chi connectivity index (χ2n) is 10.5. The molecule has 0 unspecified atom stereocenters. The van der Waals surface area contributed by atoms with E-state index in [1.807, 2.05) is 37.3 Å². The number of nitrogens with zero attached hydrogens (tertiary/aromatic N) is 3. The summed E-state index contributed by atoms with van der Waals surface area (Å²) in [4.78, 5) is 28.9. The Labute approximate surface area is 275 Å². The van der Waals surface area contributed by atoms with Crippen molar-refractivity contribution in [3.63, 3.8) is 0 Å². The van der Waals surface area contributed by atoms with Crippen molar-refractivity contribution in [2.45, 2.75) is 42.8 Å². The third kappa shape index (κ3) is 6.54. The van der Waals surface area contributed by atoms with E-state index in [2.05, 4.69) is 17.1 Å². The maximum Gasteiger partial charge on any atom is 0.301 e. The maximum atomic E-state index is 13.8. The van der Waals surface area contributed by atoms with Crippen molar-refractivity contribution < 1.29 is 33.6 Å². The Morgan fingerprint density at radius 3 is 2.57 bits per heavy atom. The maximum absolute atomic E-state index is 13.8. The molecular formula is C34H33N3O7S2. The third-order valence-corrected chi connectivity index (χ3v) is 9.53. The second kappa shape index (κ2) is 14.3. The number of carbonyl (C=O) groups excluding carboxylic acids is 2. The zero-order valence-corrected chi connectivity index (χ0v) is 27.1. The number of aliphatic hydroxyl groups excluding tert-OH is 1. The van der Waals surface area contributed by atoms with E-state index in [0.717, 1.165) is 18.4 Å². The number of ether oxygens (including phenoxy) is 4. The van der Waals surface area contributed by atoms with E-state index >= 15 is 0 Å². The number of rotatable bonds is 12. The molecule has 1 aromatic heterocycles. The lowest BCUT2D eigenvalue weighted by Crippen LogP contribution is -2.29. The number of unbranched alkanes of at least 4 members (excludes halogenated alkanes) is 1. The first-order chi connectivity index (χ1) is 22.5. The minimum atomic E-state index is -1.02. The SMILES string of the molecule is CCCCOc1ccc([C@@H]2/C(=C(\O)c3ccc4c(c3)OCCO4)C(=O)C(=O)N2c2nnc(SCc3ccccc3)s2)cc1OCC. The number of anilines is 1. The Bertz CT molecular complexity index is 1760. The van der Waals surface area contributed by atoms with Crippen LogP contribution in [0, 0.1) is 0 Å². The molecule has 10 nitrogen and oxygen atoms in total. The van der Waals surface area contributed by atoms with Crippen molar-refractivity contribution in [2.24, 2.45) is 0 Å². The van der Waals surface area contributed by atoms with E-state index in [0.29, 0.717) is 70.6 Å². The van der Waals surface area contributed by atoms with Crippen LogP contribution in [0.3, 0.4) is 0 Å². The van der Waals surface area contributed by atoms with Crippen molar-refractivity contribution >= 4 is 45.7 Å². The summed E-state index contributed by atoms with van der Waals surface area (Å²) >= 11 is 2.70. The molecular weight excluding hydrogens is 627 g/mol. The molecule has 6 rings (SSSR count). The van der Waals surface area contributed by atoms with Crippen LogP contribution in [0.1, 0.15) is 49.4 Å². The van der Waals surface area contributed by atoms with Crippen LogP contribution >= 0.6 is 23.1 Å². The number of thioether (sulfide) groups is 1. The van der Waals surface area contributed by atoms with Crippen LogP contribution < -0.4 is 23.8 Å². The fraction of sp³-hybridized carbons (Fsp3) is 0.294. The van der Waals surface area contributed by atoms with Crippen LogP contribution in [0.15, 0.2) is 76.6 Å². The van der Waals surface area contributed by atoms with Gasteiger partial charge in [0.25, 0.3) is 5.78 Å². The third-order valence-electron chi connectivity index (χ3n) is 7.41. The molecule has 1 N–H and O–H groups in total. The van der Waals surface area contributed by atoms with Gasteiger partial charge in [-0.1, -0.05) is 72.8 Å². The fourth-order valence-electron chi connectivity index (χ4n) is 5.18. The fourth-order valence-corrected chi connectivity index (χ4v) is 7.00. The van der Waals surface area contributed by atoms with Gasteiger partial charge < -0.3 is 24.1 Å². The van der Waals surface area contributed by atoms with E-state index in [-0.39, 0.29) is 16.5 Å². The predicted octanol–water partition coefficient (Wildman–Crippen LogP) is 6.81. The molecule has 4 aromatic rings. The highest BCUT2D eigenvalue weighted by atomic mass is 32.2. The number of carbonyl (C=O) groups is 2. The lowest BCUT2D eigenvalue weighted by Gasteiger charge is -2.24. The van der Waals surface area contributed by atoms with E-state index in [4.69, 9.17) is 18.9 Å². The van der Waals surface area contributed by atoms with Gasteiger partial charge in [-0.2, -0.15) is 0 Å². The van der Waals surface area contributed by atoms with Crippen LogP contribution in [-0.2, 0) is 15.3 Å². The number of hydrogen-bond donors (Lipinski definition) is 1. The minimum Gasteiger partial charge on any atom is -0.507 e. The summed E-state index contributed by atoms with van der Waals surface area (Å²) in [7, 11) is 0. The number of Topliss-reactive ketones (excluding diaryl/α,β-unsaturated/α-hetero) is 1. The van der Waals surface area contributed by atoms with Gasteiger partial charge in [-0.3, -0.25) is 14.5 Å². The van der Waals surface area contributed by atoms with Crippen LogP contribution in [0.5, 0.6) is 23.0 Å². The van der Waals surface area contributed by atoms with E-state index < -0.39 is 17.7 Å². The highest BCUT2D eigenvalue weighted by Gasteiger charge is 2.48. The summed E-state index contributed by atoms with van der Waals surface area (Å²) in [5.74, 6) is 0.669. The first-order valence-corrected chi connectivity index (χ1v) is 16.9. The van der Waals surface area contributed by atoms with Crippen LogP contribution in [0.4, 0.5) is 5.13 Å². The summed E-state index contributed by atoms with van der Waals surface area (Å²) in [6.45, 7) is 5.62. The quantitative estimate of drug-likeness (QED) is 0.0434. The predicted molar refractivity (Wildman–Crippen MR) is 176 cm³/mol. The molecule has 46 heavy (non-hydrogen) atoms. The summed E-state index contributed by atoms with van der Waals surface area (Å²) in [5, 5.41) is 20.6. The van der Waals surface area contributed by atoms with Gasteiger partial charge in [-0.05, 0) is 54.8 Å². The van der Waals surface area contributed by atoms with Crippen LogP contribution in [-0.4, -0.2) is 53.4 Å². The van der Waals surface area contributed by atoms with Gasteiger partial charge in [-0.15, -0.1) is 10.2 Å². The lowest BCUT2D eigenvalue weighted by atomic mass is 9.95. The Balaban J connectivity index is 1.42. The number of amides is 1. The van der Waals surface area contributed by atoms with Gasteiger partial charge in [0.15, 0.2) is 27.3 Å². The first kappa shape index (κ1) is 31.4. The highest BCUT2D eigenvalue weighted by Crippen LogP contribution is 2.46. The number of aliphatic hydroxyl groups is 1. The summed E-state index contributed by atoms with van der Waals surface area (Å²) in [5.41, 5.74) is 1.89. The Morgan fingerprint density at radius 2 is 1.78 bits per heavy atom. The molecule has 1 fully saturated rings. The van der Waals surface area contributed by atoms with Crippen molar-refractivity contribution in [2.75, 3.05) is 31.3 Å². The van der Waals surface area contributed by atoms with Crippen molar-refractivity contribution in [1.29, 1.82) is 0 Å². The van der Waals surface area contributed by atoms with Crippen LogP contribution in [0.2, 0.25) is 0 Å². The zero-order valence-electron chi connectivity index (χ0n) is 25.4. The Kier molecular flexibility index (Phi) is 9.74. The van der Waals surface area contributed by atoms with Gasteiger partial charge in [0.05, 0.1) is 24.8 Å². The molecule has 0 bridgehead atoms. The number of benzene rings is 3. The topological polar surface area (TPSA) is 120 Å². The number of fused-ring (bicyclic) bond motifs is 1. The molecule has 2 aliphatic heterocycles. The van der Waals surface area contributed by atoms with Crippen molar-refractivity contribution in [1.82, 2.24) is 10.2 Å². The number of hydrogen-bond acceptors (Lipinski definition) is 11. The van der Waals surface area contributed by atoms with E-state index in [1.165, 1.54) is 28.0 Å². The van der Waals surface area contributed by atoms with Gasteiger partial charge in [0.1, 0.15) is 19.0 Å². The smallest absolute Gasteiger partial charge is 0.301 e. The van der Waals surface area contributed by atoms with Gasteiger partial charge >= 0.3 is 5.91 Å². The average molecular weight is 660 g/mol. The Hall–Kier alpha value is -4.55. The molecule has 1 amide bonds. The molecule has 0 spiro atoms. The van der Waals surface area contributed by atoms with Crippen molar-refractivity contribution in [3.05, 3.63) is 89.0 Å². The monoisotopic (exact) mass is 659 g/mol. The van der Waals surface area contributed by atoms with Gasteiger partial charge in [-0.25, -0.2) is 0 Å². The molecule has 3 aromatic carbocycles. The molecule has 12 heteroatoms. The normalized spacial score (nSPS) is 16.9. The second-order valence-corrected chi connectivity index (χ2v) is 12.7. The highest BCUT2D eigenvalue weighted by molar-refractivity contribution is 8.00. The Morgan fingerprint density at radius 1 is 0.978 bits per heavy atom. The molecule has 0 aliphatic carbocycles. The number of aromatic nitrogens is 2. The molecule has 0 saturated carbocycles. The largest absolute Gasteiger partial charge is 0.507 e. The molecule has 0 radical (unpaired) electrons. The molecule has 1 saturated heterocycles.